The molecular formula is C12H16FNO2. The summed E-state index contributed by atoms with van der Waals surface area (Å²) in [5.41, 5.74) is 2.68. The summed E-state index contributed by atoms with van der Waals surface area (Å²) in [5.74, 6) is -0.559. The van der Waals surface area contributed by atoms with E-state index in [1.54, 1.807) is 12.1 Å². The number of hydrogen-bond acceptors (Lipinski definition) is 2. The highest BCUT2D eigenvalue weighted by molar-refractivity contribution is 5.77. The molecule has 0 atom stereocenters. The molecular weight excluding hydrogens is 209 g/mol. The highest BCUT2D eigenvalue weighted by Crippen LogP contribution is 2.06. The van der Waals surface area contributed by atoms with E-state index in [9.17, 15) is 9.18 Å². The molecule has 1 rings (SSSR count). The zero-order valence-corrected chi connectivity index (χ0v) is 9.71. The zero-order valence-electron chi connectivity index (χ0n) is 9.71. The topological polar surface area (TPSA) is 38.3 Å². The van der Waals surface area contributed by atoms with Crippen LogP contribution in [0.2, 0.25) is 0 Å². The van der Waals surface area contributed by atoms with Crippen molar-refractivity contribution in [3.8, 4) is 0 Å². The van der Waals surface area contributed by atoms with Crippen LogP contribution in [0.1, 0.15) is 26.3 Å². The van der Waals surface area contributed by atoms with Gasteiger partial charge in [0.05, 0.1) is 12.0 Å². The third kappa shape index (κ3) is 4.89. The third-order valence-corrected chi connectivity index (χ3v) is 1.75. The molecule has 0 aliphatic carbocycles. The van der Waals surface area contributed by atoms with E-state index in [0.717, 1.165) is 5.56 Å². The minimum atomic E-state index is -0.418. The molecule has 0 unspecified atom stereocenters. The van der Waals surface area contributed by atoms with Crippen molar-refractivity contribution in [2.75, 3.05) is 0 Å². The first-order chi connectivity index (χ1) is 7.37. The Labute approximate surface area is 94.6 Å². The maximum Gasteiger partial charge on any atom is 0.247 e. The maximum absolute atomic E-state index is 12.6. The Morgan fingerprint density at radius 1 is 1.31 bits per heavy atom. The third-order valence-electron chi connectivity index (χ3n) is 1.75. The van der Waals surface area contributed by atoms with E-state index in [1.807, 2.05) is 20.8 Å². The standard InChI is InChI=1S/C12H16FNO2/c1-12(2,3)16-14-11(15)8-9-4-6-10(13)7-5-9/h4-7H,8H2,1-3H3,(H,14,15). The van der Waals surface area contributed by atoms with Crippen molar-refractivity contribution in [3.63, 3.8) is 0 Å². The summed E-state index contributed by atoms with van der Waals surface area (Å²) in [4.78, 5) is 16.5. The fraction of sp³-hybridized carbons (Fsp3) is 0.417. The second-order valence-corrected chi connectivity index (χ2v) is 4.54. The minimum Gasteiger partial charge on any atom is -0.272 e. The molecule has 1 N–H and O–H groups in total. The highest BCUT2D eigenvalue weighted by atomic mass is 19.1. The van der Waals surface area contributed by atoms with Crippen LogP contribution in [0, 0.1) is 5.82 Å². The van der Waals surface area contributed by atoms with Gasteiger partial charge in [0.15, 0.2) is 0 Å². The lowest BCUT2D eigenvalue weighted by Crippen LogP contribution is -2.34. The van der Waals surface area contributed by atoms with Crippen LogP contribution in [0.25, 0.3) is 0 Å². The first kappa shape index (κ1) is 12.6. The van der Waals surface area contributed by atoms with Gasteiger partial charge in [-0.3, -0.25) is 9.63 Å². The molecule has 3 nitrogen and oxygen atoms in total. The van der Waals surface area contributed by atoms with Crippen LogP contribution in [-0.4, -0.2) is 11.5 Å². The maximum atomic E-state index is 12.6. The van der Waals surface area contributed by atoms with E-state index in [2.05, 4.69) is 5.48 Å². The van der Waals surface area contributed by atoms with Crippen LogP contribution in [0.3, 0.4) is 0 Å². The van der Waals surface area contributed by atoms with Gasteiger partial charge in [0.25, 0.3) is 0 Å². The quantitative estimate of drug-likeness (QED) is 0.801. The number of nitrogens with one attached hydrogen (secondary N) is 1. The van der Waals surface area contributed by atoms with Crippen LogP contribution >= 0.6 is 0 Å². The van der Waals surface area contributed by atoms with Gasteiger partial charge in [-0.2, -0.15) is 0 Å². The van der Waals surface area contributed by atoms with Crippen LogP contribution in [-0.2, 0) is 16.1 Å². The molecule has 0 saturated carbocycles. The number of amides is 1. The van der Waals surface area contributed by atoms with Crippen molar-refractivity contribution in [2.45, 2.75) is 32.8 Å². The number of halogens is 1. The summed E-state index contributed by atoms with van der Waals surface area (Å²) in [7, 11) is 0. The predicted octanol–water partition coefficient (Wildman–Crippen LogP) is 2.21. The summed E-state index contributed by atoms with van der Waals surface area (Å²) in [6.45, 7) is 5.52. The van der Waals surface area contributed by atoms with Crippen LogP contribution in [0.5, 0.6) is 0 Å². The number of hydroxylamine groups is 1. The van der Waals surface area contributed by atoms with Gasteiger partial charge in [0.1, 0.15) is 5.82 Å². The molecule has 1 amide bonds. The Morgan fingerprint density at radius 3 is 2.38 bits per heavy atom. The number of carbonyl (C=O) groups excluding carboxylic acids is 1. The fourth-order valence-electron chi connectivity index (χ4n) is 1.03. The van der Waals surface area contributed by atoms with E-state index < -0.39 is 5.60 Å². The van der Waals surface area contributed by atoms with Gasteiger partial charge in [0, 0.05) is 0 Å². The molecule has 0 aliphatic rings. The fourth-order valence-corrected chi connectivity index (χ4v) is 1.03. The van der Waals surface area contributed by atoms with Crippen molar-refractivity contribution in [3.05, 3.63) is 35.6 Å². The van der Waals surface area contributed by atoms with Crippen molar-refractivity contribution in [1.82, 2.24) is 5.48 Å². The summed E-state index contributed by atoms with van der Waals surface area (Å²) in [6, 6.07) is 5.80. The molecule has 0 spiro atoms. The molecule has 0 aromatic heterocycles. The van der Waals surface area contributed by atoms with Gasteiger partial charge in [0.2, 0.25) is 5.91 Å². The molecule has 0 saturated heterocycles. The molecule has 16 heavy (non-hydrogen) atoms. The van der Waals surface area contributed by atoms with E-state index in [0.29, 0.717) is 0 Å². The Hall–Kier alpha value is -1.42. The van der Waals surface area contributed by atoms with Gasteiger partial charge < -0.3 is 0 Å². The average molecular weight is 225 g/mol. The molecule has 0 radical (unpaired) electrons. The van der Waals surface area contributed by atoms with Crippen LogP contribution in [0.4, 0.5) is 4.39 Å². The van der Waals surface area contributed by atoms with Gasteiger partial charge in [-0.1, -0.05) is 12.1 Å². The number of rotatable bonds is 3. The first-order valence-electron chi connectivity index (χ1n) is 5.08. The molecule has 0 heterocycles. The van der Waals surface area contributed by atoms with Crippen LogP contribution in [0.15, 0.2) is 24.3 Å². The van der Waals surface area contributed by atoms with E-state index >= 15 is 0 Å². The number of hydrogen-bond donors (Lipinski definition) is 1. The predicted molar refractivity (Wildman–Crippen MR) is 59.1 cm³/mol. The Kier molecular flexibility index (Phi) is 4.01. The second kappa shape index (κ2) is 5.07. The molecule has 1 aromatic rings. The average Bonchev–Trinajstić information content (AvgIpc) is 2.18. The summed E-state index contributed by atoms with van der Waals surface area (Å²) < 4.78 is 12.6. The van der Waals surface area contributed by atoms with E-state index in [4.69, 9.17) is 4.84 Å². The normalized spacial score (nSPS) is 11.2. The second-order valence-electron chi connectivity index (χ2n) is 4.54. The monoisotopic (exact) mass is 225 g/mol. The Balaban J connectivity index is 2.43. The lowest BCUT2D eigenvalue weighted by molar-refractivity contribution is -0.144. The molecule has 1 aromatic carbocycles. The Morgan fingerprint density at radius 2 is 1.88 bits per heavy atom. The number of benzene rings is 1. The van der Waals surface area contributed by atoms with Gasteiger partial charge in [-0.05, 0) is 38.5 Å². The molecule has 4 heteroatoms. The van der Waals surface area contributed by atoms with Crippen molar-refractivity contribution >= 4 is 5.91 Å². The smallest absolute Gasteiger partial charge is 0.247 e. The molecule has 0 aliphatic heterocycles. The van der Waals surface area contributed by atoms with Gasteiger partial charge in [-0.15, -0.1) is 0 Å². The van der Waals surface area contributed by atoms with Crippen LogP contribution < -0.4 is 5.48 Å². The minimum absolute atomic E-state index is 0.177. The van der Waals surface area contributed by atoms with Gasteiger partial charge in [-0.25, -0.2) is 9.87 Å². The Bertz CT molecular complexity index is 354. The summed E-state index contributed by atoms with van der Waals surface area (Å²) >= 11 is 0. The first-order valence-corrected chi connectivity index (χ1v) is 5.08. The zero-order chi connectivity index (χ0) is 12.2. The summed E-state index contributed by atoms with van der Waals surface area (Å²) in [6.07, 6.45) is 0.177. The molecule has 88 valence electrons. The summed E-state index contributed by atoms with van der Waals surface area (Å²) in [5, 5.41) is 0. The SMILES string of the molecule is CC(C)(C)ONC(=O)Cc1ccc(F)cc1. The number of carbonyl (C=O) groups is 1. The highest BCUT2D eigenvalue weighted by Gasteiger charge is 2.12. The van der Waals surface area contributed by atoms with Crippen molar-refractivity contribution < 1.29 is 14.0 Å². The van der Waals surface area contributed by atoms with E-state index in [1.165, 1.54) is 12.1 Å². The largest absolute Gasteiger partial charge is 0.272 e. The molecule has 0 fully saturated rings. The van der Waals surface area contributed by atoms with Crippen molar-refractivity contribution in [1.29, 1.82) is 0 Å². The lowest BCUT2D eigenvalue weighted by Gasteiger charge is -2.18. The van der Waals surface area contributed by atoms with Crippen molar-refractivity contribution in [2.24, 2.45) is 0 Å². The molecule has 0 bridgehead atoms. The van der Waals surface area contributed by atoms with Gasteiger partial charge >= 0.3 is 0 Å². The lowest BCUT2D eigenvalue weighted by atomic mass is 10.1. The van der Waals surface area contributed by atoms with E-state index in [-0.39, 0.29) is 18.1 Å².